The molecule has 3 nitrogen and oxygen atoms in total. The average molecular weight is 345 g/mol. The highest BCUT2D eigenvalue weighted by Gasteiger charge is 2.43. The van der Waals surface area contributed by atoms with Crippen molar-refractivity contribution >= 4 is 17.7 Å². The molecule has 126 valence electrons. The summed E-state index contributed by atoms with van der Waals surface area (Å²) in [6.45, 7) is 0. The second-order valence-electron chi connectivity index (χ2n) is 6.00. The third kappa shape index (κ3) is 3.59. The maximum Gasteiger partial charge on any atom is 0.573 e. The maximum atomic E-state index is 12.7. The molecule has 7 heteroatoms. The van der Waals surface area contributed by atoms with Crippen molar-refractivity contribution in [1.29, 1.82) is 0 Å². The highest BCUT2D eigenvalue weighted by Crippen LogP contribution is 2.40. The van der Waals surface area contributed by atoms with Gasteiger partial charge in [0.2, 0.25) is 0 Å². The number of benzene rings is 1. The van der Waals surface area contributed by atoms with Crippen LogP contribution in [0.5, 0.6) is 5.75 Å². The minimum Gasteiger partial charge on any atom is -0.406 e. The predicted molar refractivity (Wildman–Crippen MR) is 82.6 cm³/mol. The molecule has 0 spiro atoms. The monoisotopic (exact) mass is 345 g/mol. The van der Waals surface area contributed by atoms with Crippen LogP contribution in [0.3, 0.4) is 0 Å². The van der Waals surface area contributed by atoms with Crippen molar-refractivity contribution in [3.8, 4) is 5.75 Å². The summed E-state index contributed by atoms with van der Waals surface area (Å²) in [6, 6.07) is 5.70. The van der Waals surface area contributed by atoms with E-state index in [1.807, 2.05) is 16.7 Å². The van der Waals surface area contributed by atoms with Gasteiger partial charge >= 0.3 is 6.36 Å². The Morgan fingerprint density at radius 3 is 2.22 bits per heavy atom. The summed E-state index contributed by atoms with van der Waals surface area (Å²) < 4.78 is 40.4. The molecule has 1 amide bonds. The number of nitrogens with zero attached hydrogens (tertiary/aromatic N) is 1. The molecule has 1 aromatic carbocycles. The van der Waals surface area contributed by atoms with Crippen molar-refractivity contribution in [1.82, 2.24) is 4.90 Å². The van der Waals surface area contributed by atoms with Crippen LogP contribution in [0.4, 0.5) is 13.2 Å². The number of alkyl halides is 3. The lowest BCUT2D eigenvalue weighted by atomic mass is 10.0. The summed E-state index contributed by atoms with van der Waals surface area (Å²) in [5, 5.41) is 0.596. The molecular formula is C16H18F3NO2S. The quantitative estimate of drug-likeness (QED) is 0.827. The fourth-order valence-corrected chi connectivity index (χ4v) is 4.43. The Kier molecular flexibility index (Phi) is 4.49. The molecule has 1 aromatic rings. The van der Waals surface area contributed by atoms with Gasteiger partial charge in [-0.05, 0) is 56.2 Å². The number of hydrogen-bond acceptors (Lipinski definition) is 3. The minimum atomic E-state index is -4.72. The van der Waals surface area contributed by atoms with Crippen LogP contribution in [0.1, 0.15) is 36.0 Å². The predicted octanol–water partition coefficient (Wildman–Crippen LogP) is 4.08. The zero-order valence-electron chi connectivity index (χ0n) is 12.7. The van der Waals surface area contributed by atoms with Gasteiger partial charge in [0.15, 0.2) is 0 Å². The average Bonchev–Trinajstić information content (AvgIpc) is 2.76. The highest BCUT2D eigenvalue weighted by molar-refractivity contribution is 7.99. The Morgan fingerprint density at radius 2 is 1.74 bits per heavy atom. The molecule has 0 aliphatic carbocycles. The van der Waals surface area contributed by atoms with Crippen LogP contribution < -0.4 is 4.74 Å². The van der Waals surface area contributed by atoms with Gasteiger partial charge in [-0.2, -0.15) is 11.8 Å². The first-order chi connectivity index (χ1) is 10.9. The minimum absolute atomic E-state index is 0.0874. The topological polar surface area (TPSA) is 29.5 Å². The number of fused-ring (bicyclic) bond motifs is 2. The van der Waals surface area contributed by atoms with Crippen LogP contribution in [0.25, 0.3) is 0 Å². The van der Waals surface area contributed by atoms with Crippen LogP contribution in [0.2, 0.25) is 0 Å². The van der Waals surface area contributed by atoms with Crippen molar-refractivity contribution in [2.75, 3.05) is 6.26 Å². The zero-order valence-corrected chi connectivity index (χ0v) is 13.5. The van der Waals surface area contributed by atoms with Crippen molar-refractivity contribution in [3.05, 3.63) is 29.8 Å². The number of halogens is 3. The SMILES string of the molecule is CSC1CC2CCC(C1)N2C(=O)c1ccc(OC(F)(F)F)cc1. The summed E-state index contributed by atoms with van der Waals surface area (Å²) in [7, 11) is 0. The van der Waals surface area contributed by atoms with E-state index in [4.69, 9.17) is 0 Å². The van der Waals surface area contributed by atoms with Gasteiger partial charge in [-0.15, -0.1) is 13.2 Å². The molecule has 2 aliphatic rings. The third-order valence-corrected chi connectivity index (χ3v) is 5.64. The summed E-state index contributed by atoms with van der Waals surface area (Å²) in [5.41, 5.74) is 0.416. The second-order valence-corrected chi connectivity index (χ2v) is 7.14. The third-order valence-electron chi connectivity index (χ3n) is 4.59. The van der Waals surface area contributed by atoms with E-state index >= 15 is 0 Å². The van der Waals surface area contributed by atoms with Crippen molar-refractivity contribution in [3.63, 3.8) is 0 Å². The lowest BCUT2D eigenvalue weighted by Crippen LogP contribution is -2.47. The number of hydrogen-bond donors (Lipinski definition) is 0. The highest BCUT2D eigenvalue weighted by atomic mass is 32.2. The first kappa shape index (κ1) is 16.5. The van der Waals surface area contributed by atoms with Gasteiger partial charge in [-0.25, -0.2) is 0 Å². The largest absolute Gasteiger partial charge is 0.573 e. The number of amides is 1. The van der Waals surface area contributed by atoms with Crippen LogP contribution >= 0.6 is 11.8 Å². The number of carbonyl (C=O) groups is 1. The molecule has 2 aliphatic heterocycles. The molecule has 2 fully saturated rings. The number of thioether (sulfide) groups is 1. The molecule has 0 radical (unpaired) electrons. The van der Waals surface area contributed by atoms with Crippen LogP contribution in [-0.4, -0.2) is 40.8 Å². The molecule has 2 heterocycles. The van der Waals surface area contributed by atoms with Crippen molar-refractivity contribution in [2.24, 2.45) is 0 Å². The number of rotatable bonds is 3. The fraction of sp³-hybridized carbons (Fsp3) is 0.562. The lowest BCUT2D eigenvalue weighted by molar-refractivity contribution is -0.274. The number of carbonyl (C=O) groups excluding carboxylic acids is 1. The molecular weight excluding hydrogens is 327 g/mol. The Hall–Kier alpha value is -1.37. The van der Waals surface area contributed by atoms with Crippen molar-refractivity contribution in [2.45, 2.75) is 49.4 Å². The Morgan fingerprint density at radius 1 is 1.17 bits per heavy atom. The van der Waals surface area contributed by atoms with Gasteiger partial charge in [-0.3, -0.25) is 4.79 Å². The van der Waals surface area contributed by atoms with Crippen LogP contribution in [0.15, 0.2) is 24.3 Å². The van der Waals surface area contributed by atoms with E-state index in [9.17, 15) is 18.0 Å². The number of ether oxygens (including phenoxy) is 1. The molecule has 2 atom stereocenters. The summed E-state index contributed by atoms with van der Waals surface area (Å²) in [5.74, 6) is -0.395. The van der Waals surface area contributed by atoms with Gasteiger partial charge in [-0.1, -0.05) is 0 Å². The Balaban J connectivity index is 1.71. The molecule has 0 N–H and O–H groups in total. The number of piperidine rings is 1. The van der Waals surface area contributed by atoms with E-state index in [-0.39, 0.29) is 23.7 Å². The van der Waals surface area contributed by atoms with E-state index in [0.29, 0.717) is 10.8 Å². The van der Waals surface area contributed by atoms with Gasteiger partial charge in [0.05, 0.1) is 0 Å². The molecule has 0 aromatic heterocycles. The second kappa shape index (κ2) is 6.26. The first-order valence-electron chi connectivity index (χ1n) is 7.58. The summed E-state index contributed by atoms with van der Waals surface area (Å²) in [4.78, 5) is 14.6. The molecule has 2 unspecified atom stereocenters. The maximum absolute atomic E-state index is 12.7. The van der Waals surface area contributed by atoms with E-state index < -0.39 is 6.36 Å². The zero-order chi connectivity index (χ0) is 16.6. The van der Waals surface area contributed by atoms with E-state index in [1.54, 1.807) is 0 Å². The summed E-state index contributed by atoms with van der Waals surface area (Å²) >= 11 is 1.85. The van der Waals surface area contributed by atoms with Gasteiger partial charge in [0.1, 0.15) is 5.75 Å². The molecule has 3 rings (SSSR count). The molecule has 2 bridgehead atoms. The van der Waals surface area contributed by atoms with Crippen LogP contribution in [0, 0.1) is 0 Å². The molecule has 2 saturated heterocycles. The van der Waals surface area contributed by atoms with Gasteiger partial charge < -0.3 is 9.64 Å². The standard InChI is InChI=1S/C16H18F3NO2S/c1-23-14-8-11-4-5-12(9-14)20(11)15(21)10-2-6-13(7-3-10)22-16(17,18)19/h2-3,6-7,11-12,14H,4-5,8-9H2,1H3. The van der Waals surface area contributed by atoms with E-state index in [0.717, 1.165) is 25.7 Å². The molecule has 23 heavy (non-hydrogen) atoms. The fourth-order valence-electron chi connectivity index (χ4n) is 3.60. The van der Waals surface area contributed by atoms with E-state index in [1.165, 1.54) is 24.3 Å². The molecule has 0 saturated carbocycles. The normalized spacial score (nSPS) is 27.1. The van der Waals surface area contributed by atoms with Crippen molar-refractivity contribution < 1.29 is 22.7 Å². The Labute approximate surface area is 137 Å². The van der Waals surface area contributed by atoms with Crippen LogP contribution in [-0.2, 0) is 0 Å². The van der Waals surface area contributed by atoms with E-state index in [2.05, 4.69) is 11.0 Å². The van der Waals surface area contributed by atoms with Gasteiger partial charge in [0, 0.05) is 22.9 Å². The smallest absolute Gasteiger partial charge is 0.406 e. The van der Waals surface area contributed by atoms with Gasteiger partial charge in [0.25, 0.3) is 5.91 Å². The Bertz CT molecular complexity index is 562. The first-order valence-corrected chi connectivity index (χ1v) is 8.87. The lowest BCUT2D eigenvalue weighted by Gasteiger charge is -2.38. The summed E-state index contributed by atoms with van der Waals surface area (Å²) in [6.07, 6.45) is 1.41.